The summed E-state index contributed by atoms with van der Waals surface area (Å²) in [4.78, 5) is 2.30. The second-order valence-corrected chi connectivity index (χ2v) is 2.43. The van der Waals surface area contributed by atoms with Crippen molar-refractivity contribution in [1.82, 2.24) is 4.90 Å². The van der Waals surface area contributed by atoms with Crippen LogP contribution in [0.1, 0.15) is 27.2 Å². The van der Waals surface area contributed by atoms with Gasteiger partial charge in [-0.3, -0.25) is 4.90 Å². The lowest BCUT2D eigenvalue weighted by Gasteiger charge is -2.23. The zero-order valence-corrected chi connectivity index (χ0v) is 8.04. The second kappa shape index (κ2) is 6.28. The maximum absolute atomic E-state index is 4.14. The van der Waals surface area contributed by atoms with Crippen LogP contribution in [0.5, 0.6) is 0 Å². The van der Waals surface area contributed by atoms with Gasteiger partial charge in [0.25, 0.3) is 0 Å². The molecule has 3 heteroatoms. The fraction of sp³-hybridized carbons (Fsp3) is 1.00. The van der Waals surface area contributed by atoms with Crippen molar-refractivity contribution >= 4 is 0 Å². The van der Waals surface area contributed by atoms with E-state index in [9.17, 15) is 0 Å². The van der Waals surface area contributed by atoms with Crippen LogP contribution in [0.15, 0.2) is 10.2 Å². The van der Waals surface area contributed by atoms with Crippen LogP contribution < -0.4 is 0 Å². The third kappa shape index (κ3) is 3.46. The Labute approximate surface area is 69.5 Å². The summed E-state index contributed by atoms with van der Waals surface area (Å²) >= 11 is 0. The van der Waals surface area contributed by atoms with Crippen LogP contribution in [0.3, 0.4) is 0 Å². The fourth-order valence-electron chi connectivity index (χ4n) is 1.19. The molecule has 0 rings (SSSR count). The molecule has 0 aromatic heterocycles. The molecule has 0 aromatic rings. The van der Waals surface area contributed by atoms with E-state index >= 15 is 0 Å². The van der Waals surface area contributed by atoms with Crippen molar-refractivity contribution in [3.8, 4) is 0 Å². The Morgan fingerprint density at radius 3 is 2.00 bits per heavy atom. The molecule has 0 heterocycles. The van der Waals surface area contributed by atoms with Gasteiger partial charge in [-0.1, -0.05) is 20.8 Å². The Morgan fingerprint density at radius 2 is 1.73 bits per heavy atom. The predicted octanol–water partition coefficient (Wildman–Crippen LogP) is 2.15. The summed E-state index contributed by atoms with van der Waals surface area (Å²) < 4.78 is 0. The molecule has 0 aromatic carbocycles. The largest absolute Gasteiger partial charge is 0.281 e. The van der Waals surface area contributed by atoms with Crippen LogP contribution in [0.25, 0.3) is 0 Å². The first-order chi connectivity index (χ1) is 5.29. The van der Waals surface area contributed by atoms with Gasteiger partial charge in [0, 0.05) is 7.05 Å². The van der Waals surface area contributed by atoms with Gasteiger partial charge in [-0.2, -0.15) is 10.2 Å². The highest BCUT2D eigenvalue weighted by molar-refractivity contribution is 4.62. The molecular formula is C8H19N3. The number of hydrogen-bond acceptors (Lipinski definition) is 3. The van der Waals surface area contributed by atoms with E-state index in [0.717, 1.165) is 19.5 Å². The highest BCUT2D eigenvalue weighted by Gasteiger charge is 2.10. The third-order valence-electron chi connectivity index (χ3n) is 1.85. The highest BCUT2D eigenvalue weighted by Crippen LogP contribution is 2.04. The predicted molar refractivity (Wildman–Crippen MR) is 47.8 cm³/mol. The van der Waals surface area contributed by atoms with Crippen LogP contribution in [-0.2, 0) is 0 Å². The van der Waals surface area contributed by atoms with Crippen molar-refractivity contribution in [2.45, 2.75) is 33.4 Å². The molecule has 66 valence electrons. The van der Waals surface area contributed by atoms with Gasteiger partial charge in [-0.25, -0.2) is 0 Å². The lowest BCUT2D eigenvalue weighted by molar-refractivity contribution is 0.211. The molecule has 0 spiro atoms. The summed E-state index contributed by atoms with van der Waals surface area (Å²) in [5.74, 6) is 0. The minimum Gasteiger partial charge on any atom is -0.281 e. The van der Waals surface area contributed by atoms with Gasteiger partial charge in [0.15, 0.2) is 0 Å². The molecule has 0 N–H and O–H groups in total. The molecule has 0 saturated heterocycles. The van der Waals surface area contributed by atoms with Crippen molar-refractivity contribution in [3.05, 3.63) is 0 Å². The zero-order chi connectivity index (χ0) is 8.69. The fourth-order valence-corrected chi connectivity index (χ4v) is 1.19. The molecule has 3 nitrogen and oxygen atoms in total. The van der Waals surface area contributed by atoms with E-state index < -0.39 is 0 Å². The van der Waals surface area contributed by atoms with E-state index in [1.165, 1.54) is 0 Å². The monoisotopic (exact) mass is 157 g/mol. The number of azo groups is 1. The van der Waals surface area contributed by atoms with E-state index in [-0.39, 0.29) is 6.17 Å². The Morgan fingerprint density at radius 1 is 1.18 bits per heavy atom. The molecule has 11 heavy (non-hydrogen) atoms. The average Bonchev–Trinajstić information content (AvgIpc) is 2.05. The molecule has 0 aliphatic heterocycles. The smallest absolute Gasteiger partial charge is 0.123 e. The van der Waals surface area contributed by atoms with Crippen LogP contribution in [-0.4, -0.2) is 31.2 Å². The molecule has 0 bridgehead atoms. The second-order valence-electron chi connectivity index (χ2n) is 2.43. The van der Waals surface area contributed by atoms with Crippen molar-refractivity contribution in [3.63, 3.8) is 0 Å². The summed E-state index contributed by atoms with van der Waals surface area (Å²) in [5.41, 5.74) is 0. The van der Waals surface area contributed by atoms with Crippen LogP contribution in [0, 0.1) is 0 Å². The normalized spacial score (nSPS) is 14.6. The van der Waals surface area contributed by atoms with Crippen molar-refractivity contribution in [2.75, 3.05) is 20.1 Å². The summed E-state index contributed by atoms with van der Waals surface area (Å²) in [6, 6.07) is 0. The molecule has 0 radical (unpaired) electrons. The number of nitrogens with zero attached hydrogens (tertiary/aromatic N) is 3. The molecule has 0 aliphatic carbocycles. The van der Waals surface area contributed by atoms with Crippen molar-refractivity contribution in [1.29, 1.82) is 0 Å². The first-order valence-electron chi connectivity index (χ1n) is 4.33. The minimum absolute atomic E-state index is 0.287. The van der Waals surface area contributed by atoms with Gasteiger partial charge < -0.3 is 0 Å². The lowest BCUT2D eigenvalue weighted by Crippen LogP contribution is -2.32. The summed E-state index contributed by atoms with van der Waals surface area (Å²) in [6.07, 6.45) is 1.33. The maximum atomic E-state index is 4.14. The number of hydrogen-bond donors (Lipinski definition) is 0. The third-order valence-corrected chi connectivity index (χ3v) is 1.85. The van der Waals surface area contributed by atoms with Crippen molar-refractivity contribution < 1.29 is 0 Å². The van der Waals surface area contributed by atoms with Gasteiger partial charge in [-0.15, -0.1) is 0 Å². The van der Waals surface area contributed by atoms with Gasteiger partial charge >= 0.3 is 0 Å². The van der Waals surface area contributed by atoms with Crippen LogP contribution in [0.2, 0.25) is 0 Å². The van der Waals surface area contributed by atoms with E-state index in [4.69, 9.17) is 0 Å². The average molecular weight is 157 g/mol. The topological polar surface area (TPSA) is 28.0 Å². The van der Waals surface area contributed by atoms with Crippen LogP contribution in [0.4, 0.5) is 0 Å². The quantitative estimate of drug-likeness (QED) is 0.562. The SMILES string of the molecule is CCC(N=NC)N(CC)CC. The van der Waals surface area contributed by atoms with Gasteiger partial charge in [0.05, 0.1) is 0 Å². The lowest BCUT2D eigenvalue weighted by atomic mass is 10.3. The highest BCUT2D eigenvalue weighted by atomic mass is 15.3. The Balaban J connectivity index is 3.97. The minimum atomic E-state index is 0.287. The molecule has 0 saturated carbocycles. The Bertz CT molecular complexity index is 108. The number of rotatable bonds is 5. The standard InChI is InChI=1S/C8H19N3/c1-5-8(10-9-4)11(6-2)7-3/h8H,5-7H2,1-4H3. The maximum Gasteiger partial charge on any atom is 0.123 e. The van der Waals surface area contributed by atoms with Crippen LogP contribution >= 0.6 is 0 Å². The Kier molecular flexibility index (Phi) is 6.03. The molecule has 0 aliphatic rings. The van der Waals surface area contributed by atoms with Crippen molar-refractivity contribution in [2.24, 2.45) is 10.2 Å². The molecule has 0 amide bonds. The Hall–Kier alpha value is -0.440. The van der Waals surface area contributed by atoms with Gasteiger partial charge in [-0.05, 0) is 19.5 Å². The zero-order valence-electron chi connectivity index (χ0n) is 8.04. The molecule has 0 fully saturated rings. The van der Waals surface area contributed by atoms with E-state index in [0.29, 0.717) is 0 Å². The summed E-state index contributed by atoms with van der Waals surface area (Å²) in [7, 11) is 1.73. The molecule has 1 unspecified atom stereocenters. The van der Waals surface area contributed by atoms with E-state index in [2.05, 4.69) is 35.9 Å². The van der Waals surface area contributed by atoms with Gasteiger partial charge in [0.1, 0.15) is 6.17 Å². The molecular weight excluding hydrogens is 138 g/mol. The summed E-state index contributed by atoms with van der Waals surface area (Å²) in [6.45, 7) is 8.54. The first kappa shape index (κ1) is 10.6. The van der Waals surface area contributed by atoms with E-state index in [1.54, 1.807) is 7.05 Å². The summed E-state index contributed by atoms with van der Waals surface area (Å²) in [5, 5.41) is 7.94. The molecule has 1 atom stereocenters. The van der Waals surface area contributed by atoms with Gasteiger partial charge in [0.2, 0.25) is 0 Å². The first-order valence-corrected chi connectivity index (χ1v) is 4.33. The van der Waals surface area contributed by atoms with E-state index in [1.807, 2.05) is 0 Å².